The average molecular weight is 265 g/mol. The van der Waals surface area contributed by atoms with E-state index in [0.29, 0.717) is 12.1 Å². The van der Waals surface area contributed by atoms with Gasteiger partial charge in [-0.25, -0.2) is 4.39 Å². The fourth-order valence-electron chi connectivity index (χ4n) is 1.40. The zero-order valence-electron chi connectivity index (χ0n) is 9.42. The fourth-order valence-corrected chi connectivity index (χ4v) is 1.40. The number of hydrogen-bond acceptors (Lipinski definition) is 3. The normalized spacial score (nSPS) is 13.2. The Morgan fingerprint density at radius 3 is 2.50 bits per heavy atom. The molecule has 1 unspecified atom stereocenters. The van der Waals surface area contributed by atoms with Crippen molar-refractivity contribution in [2.24, 2.45) is 5.73 Å². The lowest BCUT2D eigenvalue weighted by molar-refractivity contribution is -0.142. The first kappa shape index (κ1) is 14.4. The summed E-state index contributed by atoms with van der Waals surface area (Å²) < 4.78 is 54.4. The van der Waals surface area contributed by atoms with Gasteiger partial charge >= 0.3 is 12.1 Å². The Hall–Kier alpha value is -1.63. The highest BCUT2D eigenvalue weighted by atomic mass is 19.4. The Kier molecular flexibility index (Phi) is 4.28. The van der Waals surface area contributed by atoms with E-state index in [0.717, 1.165) is 13.2 Å². The van der Waals surface area contributed by atoms with Crippen LogP contribution in [0.1, 0.15) is 11.1 Å². The first-order valence-corrected chi connectivity index (χ1v) is 4.94. The van der Waals surface area contributed by atoms with Crippen LogP contribution in [-0.2, 0) is 22.1 Å². The highest BCUT2D eigenvalue weighted by Crippen LogP contribution is 2.31. The van der Waals surface area contributed by atoms with Crippen molar-refractivity contribution >= 4 is 5.97 Å². The quantitative estimate of drug-likeness (QED) is 0.670. The van der Waals surface area contributed by atoms with Crippen LogP contribution in [-0.4, -0.2) is 19.1 Å². The molecule has 7 heteroatoms. The van der Waals surface area contributed by atoms with E-state index in [1.54, 1.807) is 0 Å². The van der Waals surface area contributed by atoms with Gasteiger partial charge in [0.25, 0.3) is 0 Å². The van der Waals surface area contributed by atoms with Gasteiger partial charge in [-0.2, -0.15) is 13.2 Å². The molecule has 1 rings (SSSR count). The maximum Gasteiger partial charge on any atom is 0.419 e. The van der Waals surface area contributed by atoms with Crippen LogP contribution >= 0.6 is 0 Å². The topological polar surface area (TPSA) is 52.3 Å². The maximum atomic E-state index is 13.2. The number of carbonyl (C=O) groups excluding carboxylic acids is 1. The molecule has 0 heterocycles. The molecule has 0 radical (unpaired) electrons. The molecule has 1 aromatic carbocycles. The lowest BCUT2D eigenvalue weighted by atomic mass is 10.0. The standard InChI is InChI=1S/C11H11F4NO2/c1-18-10(17)9(16)5-6-2-3-7(8(12)4-6)11(13,14)15/h2-4,9H,5,16H2,1H3. The minimum atomic E-state index is -4.74. The molecule has 2 N–H and O–H groups in total. The highest BCUT2D eigenvalue weighted by Gasteiger charge is 2.34. The van der Waals surface area contributed by atoms with Crippen molar-refractivity contribution in [2.45, 2.75) is 18.6 Å². The summed E-state index contributed by atoms with van der Waals surface area (Å²) in [5.74, 6) is -2.10. The third-order valence-corrected chi connectivity index (χ3v) is 2.30. The van der Waals surface area contributed by atoms with E-state index >= 15 is 0 Å². The minimum absolute atomic E-state index is 0.0955. The monoisotopic (exact) mass is 265 g/mol. The molecule has 0 saturated carbocycles. The predicted molar refractivity (Wildman–Crippen MR) is 55.1 cm³/mol. The van der Waals surface area contributed by atoms with Crippen molar-refractivity contribution in [2.75, 3.05) is 7.11 Å². The highest BCUT2D eigenvalue weighted by molar-refractivity contribution is 5.75. The zero-order valence-corrected chi connectivity index (χ0v) is 9.42. The molecule has 0 aromatic heterocycles. The van der Waals surface area contributed by atoms with Crippen LogP contribution in [0.5, 0.6) is 0 Å². The van der Waals surface area contributed by atoms with Crippen molar-refractivity contribution < 1.29 is 27.1 Å². The lowest BCUT2D eigenvalue weighted by Gasteiger charge is -2.11. The van der Waals surface area contributed by atoms with Gasteiger partial charge in [-0.05, 0) is 24.1 Å². The number of esters is 1. The number of benzene rings is 1. The summed E-state index contributed by atoms with van der Waals surface area (Å²) in [6.45, 7) is 0. The first-order chi connectivity index (χ1) is 8.25. The molecular formula is C11H11F4NO2. The van der Waals surface area contributed by atoms with Crippen LogP contribution in [0.25, 0.3) is 0 Å². The lowest BCUT2D eigenvalue weighted by Crippen LogP contribution is -2.33. The molecule has 1 atom stereocenters. The number of methoxy groups -OCH3 is 1. The molecule has 0 amide bonds. The number of alkyl halides is 3. The summed E-state index contributed by atoms with van der Waals surface area (Å²) >= 11 is 0. The fraction of sp³-hybridized carbons (Fsp3) is 0.364. The molecule has 18 heavy (non-hydrogen) atoms. The van der Waals surface area contributed by atoms with E-state index < -0.39 is 29.6 Å². The zero-order chi connectivity index (χ0) is 13.9. The second-order valence-corrected chi connectivity index (χ2v) is 3.65. The summed E-state index contributed by atoms with van der Waals surface area (Å²) in [6.07, 6.45) is -4.84. The van der Waals surface area contributed by atoms with Crippen LogP contribution in [0.2, 0.25) is 0 Å². The van der Waals surface area contributed by atoms with Gasteiger partial charge in [-0.15, -0.1) is 0 Å². The van der Waals surface area contributed by atoms with Crippen LogP contribution in [0.15, 0.2) is 18.2 Å². The number of rotatable bonds is 3. The Bertz CT molecular complexity index is 445. The number of nitrogens with two attached hydrogens (primary N) is 1. The Morgan fingerprint density at radius 2 is 2.06 bits per heavy atom. The molecule has 0 aliphatic carbocycles. The molecular weight excluding hydrogens is 254 g/mol. The maximum absolute atomic E-state index is 13.2. The van der Waals surface area contributed by atoms with Gasteiger partial charge in [0, 0.05) is 0 Å². The van der Waals surface area contributed by atoms with Crippen LogP contribution in [0, 0.1) is 5.82 Å². The van der Waals surface area contributed by atoms with Crippen molar-refractivity contribution in [3.63, 3.8) is 0 Å². The van der Waals surface area contributed by atoms with Crippen molar-refractivity contribution in [3.8, 4) is 0 Å². The minimum Gasteiger partial charge on any atom is -0.468 e. The van der Waals surface area contributed by atoms with E-state index in [2.05, 4.69) is 4.74 Å². The average Bonchev–Trinajstić information content (AvgIpc) is 2.26. The number of carbonyl (C=O) groups is 1. The SMILES string of the molecule is COC(=O)C(N)Cc1ccc(C(F)(F)F)c(F)c1. The van der Waals surface area contributed by atoms with E-state index in [-0.39, 0.29) is 12.0 Å². The third-order valence-electron chi connectivity index (χ3n) is 2.30. The predicted octanol–water partition coefficient (Wildman–Crippen LogP) is 1.89. The largest absolute Gasteiger partial charge is 0.468 e. The van der Waals surface area contributed by atoms with Gasteiger partial charge in [0.15, 0.2) is 0 Å². The van der Waals surface area contributed by atoms with Crippen molar-refractivity contribution in [3.05, 3.63) is 35.1 Å². The Balaban J connectivity index is 2.89. The first-order valence-electron chi connectivity index (χ1n) is 4.94. The molecule has 100 valence electrons. The van der Waals surface area contributed by atoms with E-state index in [1.807, 2.05) is 0 Å². The van der Waals surface area contributed by atoms with E-state index in [4.69, 9.17) is 5.73 Å². The van der Waals surface area contributed by atoms with Crippen LogP contribution in [0.3, 0.4) is 0 Å². The number of ether oxygens (including phenoxy) is 1. The van der Waals surface area contributed by atoms with Crippen LogP contribution < -0.4 is 5.73 Å². The van der Waals surface area contributed by atoms with Gasteiger partial charge in [-0.1, -0.05) is 6.07 Å². The molecule has 3 nitrogen and oxygen atoms in total. The summed E-state index contributed by atoms with van der Waals surface area (Å²) in [5.41, 5.74) is 4.26. The number of halogens is 4. The number of hydrogen-bond donors (Lipinski definition) is 1. The molecule has 0 spiro atoms. The molecule has 0 saturated heterocycles. The van der Waals surface area contributed by atoms with Gasteiger partial charge in [0.2, 0.25) is 0 Å². The smallest absolute Gasteiger partial charge is 0.419 e. The van der Waals surface area contributed by atoms with Crippen molar-refractivity contribution in [1.82, 2.24) is 0 Å². The molecule has 0 fully saturated rings. The second-order valence-electron chi connectivity index (χ2n) is 3.65. The second kappa shape index (κ2) is 5.34. The van der Waals surface area contributed by atoms with Crippen molar-refractivity contribution in [1.29, 1.82) is 0 Å². The van der Waals surface area contributed by atoms with Gasteiger partial charge in [-0.3, -0.25) is 4.79 Å². The van der Waals surface area contributed by atoms with Gasteiger partial charge in [0.05, 0.1) is 12.7 Å². The Morgan fingerprint density at radius 1 is 1.44 bits per heavy atom. The molecule has 0 bridgehead atoms. The summed E-state index contributed by atoms with van der Waals surface area (Å²) in [6, 6.07) is 1.38. The summed E-state index contributed by atoms with van der Waals surface area (Å²) in [4.78, 5) is 11.0. The molecule has 1 aromatic rings. The summed E-state index contributed by atoms with van der Waals surface area (Å²) in [5, 5.41) is 0. The Labute approximate surface area is 101 Å². The third kappa shape index (κ3) is 3.43. The molecule has 0 aliphatic heterocycles. The molecule has 0 aliphatic rings. The summed E-state index contributed by atoms with van der Waals surface area (Å²) in [7, 11) is 1.13. The van der Waals surface area contributed by atoms with Gasteiger partial charge in [0.1, 0.15) is 11.9 Å². The van der Waals surface area contributed by atoms with E-state index in [9.17, 15) is 22.4 Å². The van der Waals surface area contributed by atoms with Gasteiger partial charge < -0.3 is 10.5 Å². The van der Waals surface area contributed by atoms with Crippen LogP contribution in [0.4, 0.5) is 17.6 Å². The van der Waals surface area contributed by atoms with E-state index in [1.165, 1.54) is 0 Å².